The van der Waals surface area contributed by atoms with Crippen molar-refractivity contribution in [3.8, 4) is 45.5 Å². The molecule has 0 aliphatic carbocycles. The van der Waals surface area contributed by atoms with Gasteiger partial charge >= 0.3 is 0 Å². The van der Waals surface area contributed by atoms with Crippen LogP contribution in [0.1, 0.15) is 63.0 Å². The fourth-order valence-electron chi connectivity index (χ4n) is 8.43. The van der Waals surface area contributed by atoms with Crippen LogP contribution in [0.15, 0.2) is 79.1 Å². The first-order valence-corrected chi connectivity index (χ1v) is 21.0. The predicted octanol–water partition coefficient (Wildman–Crippen LogP) is 8.70. The Hall–Kier alpha value is -6.31. The quantitative estimate of drug-likeness (QED) is 0.105. The summed E-state index contributed by atoms with van der Waals surface area (Å²) in [6.45, 7) is 9.13. The van der Waals surface area contributed by atoms with Crippen LogP contribution in [0.3, 0.4) is 0 Å². The fraction of sp³-hybridized carbons (Fsp3) is 0.340. The maximum atomic E-state index is 5.92. The number of fused-ring (bicyclic) bond motifs is 6. The van der Waals surface area contributed by atoms with Gasteiger partial charge in [0.15, 0.2) is 11.5 Å². The smallest absolute Gasteiger partial charge is 0.241 e. The third kappa shape index (κ3) is 7.78. The molecular formula is C47H51N9O4. The largest absolute Gasteiger partial charge is 0.493 e. The molecule has 0 saturated carbocycles. The van der Waals surface area contributed by atoms with E-state index < -0.39 is 0 Å². The number of hydrogen-bond donors (Lipinski definition) is 4. The number of aromatic amines is 2. The highest BCUT2D eigenvalue weighted by Gasteiger charge is 2.24. The molecule has 8 aromatic rings. The highest BCUT2D eigenvalue weighted by atomic mass is 16.5. The summed E-state index contributed by atoms with van der Waals surface area (Å²) < 4.78 is 22.7. The molecule has 308 valence electrons. The number of ether oxygens (including phenoxy) is 4. The lowest BCUT2D eigenvalue weighted by Gasteiger charge is -2.21. The van der Waals surface area contributed by atoms with Gasteiger partial charge in [0, 0.05) is 46.0 Å². The maximum absolute atomic E-state index is 5.92. The Morgan fingerprint density at radius 2 is 1.00 bits per heavy atom. The number of hydrogen-bond acceptors (Lipinski definition) is 11. The van der Waals surface area contributed by atoms with Gasteiger partial charge < -0.3 is 39.5 Å². The Balaban J connectivity index is 0.000000155. The second-order valence-corrected chi connectivity index (χ2v) is 15.2. The number of methoxy groups -OCH3 is 2. The van der Waals surface area contributed by atoms with Crippen LogP contribution >= 0.6 is 0 Å². The van der Waals surface area contributed by atoms with Gasteiger partial charge in [0.25, 0.3) is 0 Å². The van der Waals surface area contributed by atoms with E-state index in [-0.39, 0.29) is 0 Å². The van der Waals surface area contributed by atoms with E-state index in [0.29, 0.717) is 48.3 Å². The van der Waals surface area contributed by atoms with E-state index in [2.05, 4.69) is 62.0 Å². The second-order valence-electron chi connectivity index (χ2n) is 15.2. The lowest BCUT2D eigenvalue weighted by Crippen LogP contribution is -2.27. The molecule has 0 amide bonds. The van der Waals surface area contributed by atoms with Crippen molar-refractivity contribution in [1.29, 1.82) is 0 Å². The Morgan fingerprint density at radius 1 is 0.533 bits per heavy atom. The van der Waals surface area contributed by atoms with Crippen LogP contribution in [0.2, 0.25) is 0 Å². The number of benzene rings is 3. The van der Waals surface area contributed by atoms with Crippen LogP contribution < -0.4 is 29.6 Å². The minimum Gasteiger partial charge on any atom is -0.493 e. The van der Waals surface area contributed by atoms with Gasteiger partial charge in [-0.2, -0.15) is 9.97 Å². The molecule has 13 nitrogen and oxygen atoms in total. The van der Waals surface area contributed by atoms with Gasteiger partial charge in [0.05, 0.1) is 27.4 Å². The molecule has 2 aliphatic rings. The summed E-state index contributed by atoms with van der Waals surface area (Å²) in [7, 11) is 3.29. The summed E-state index contributed by atoms with van der Waals surface area (Å²) in [4.78, 5) is 30.7. The number of nitrogens with zero attached hydrogens (tertiary/aromatic N) is 5. The summed E-state index contributed by atoms with van der Waals surface area (Å²) in [6.07, 6.45) is 7.84. The molecule has 10 rings (SSSR count). The van der Waals surface area contributed by atoms with E-state index in [0.717, 1.165) is 130 Å². The number of nitrogens with one attached hydrogen (secondary N) is 4. The molecule has 4 N–H and O–H groups in total. The first-order chi connectivity index (χ1) is 29.5. The molecule has 2 aliphatic heterocycles. The van der Waals surface area contributed by atoms with Gasteiger partial charge in [0.2, 0.25) is 11.8 Å². The van der Waals surface area contributed by atoms with Gasteiger partial charge in [0.1, 0.15) is 33.7 Å². The maximum Gasteiger partial charge on any atom is 0.241 e. The van der Waals surface area contributed by atoms with Crippen molar-refractivity contribution in [2.24, 2.45) is 0 Å². The Labute approximate surface area is 348 Å². The number of rotatable bonds is 10. The minimum atomic E-state index is 0.357. The van der Waals surface area contributed by atoms with Crippen molar-refractivity contribution in [3.63, 3.8) is 0 Å². The molecular weight excluding hydrogens is 755 g/mol. The number of aromatic nitrogens is 7. The first-order valence-electron chi connectivity index (χ1n) is 21.0. The minimum absolute atomic E-state index is 0.357. The number of piperidine rings is 2. The number of H-pyrrole nitrogens is 2. The number of pyridine rings is 1. The van der Waals surface area contributed by atoms with Gasteiger partial charge in [-0.3, -0.25) is 4.98 Å². The Kier molecular flexibility index (Phi) is 11.4. The van der Waals surface area contributed by atoms with Crippen molar-refractivity contribution in [2.45, 2.75) is 51.4 Å². The van der Waals surface area contributed by atoms with Crippen molar-refractivity contribution in [2.75, 3.05) is 53.6 Å². The highest BCUT2D eigenvalue weighted by molar-refractivity contribution is 6.08. The lowest BCUT2D eigenvalue weighted by atomic mass is 9.97. The Bertz CT molecular complexity index is 2760. The summed E-state index contributed by atoms with van der Waals surface area (Å²) >= 11 is 0. The van der Waals surface area contributed by atoms with E-state index in [1.807, 2.05) is 56.6 Å². The van der Waals surface area contributed by atoms with Gasteiger partial charge in [-0.05, 0) is 124 Å². The van der Waals surface area contributed by atoms with E-state index >= 15 is 0 Å². The van der Waals surface area contributed by atoms with Crippen LogP contribution in [0.4, 0.5) is 0 Å². The van der Waals surface area contributed by atoms with Crippen molar-refractivity contribution in [3.05, 3.63) is 90.8 Å². The van der Waals surface area contributed by atoms with Crippen LogP contribution in [0.5, 0.6) is 23.3 Å². The average Bonchev–Trinajstić information content (AvgIpc) is 3.88. The van der Waals surface area contributed by atoms with Crippen LogP contribution in [0.25, 0.3) is 66.1 Å². The second kappa shape index (κ2) is 17.5. The Morgan fingerprint density at radius 3 is 1.48 bits per heavy atom. The normalized spacial score (nSPS) is 15.0. The molecule has 0 spiro atoms. The molecule has 0 radical (unpaired) electrons. The third-order valence-electron chi connectivity index (χ3n) is 11.6. The molecule has 0 unspecified atom stereocenters. The predicted molar refractivity (Wildman–Crippen MR) is 237 cm³/mol. The van der Waals surface area contributed by atoms with Crippen molar-refractivity contribution < 1.29 is 18.9 Å². The zero-order valence-corrected chi connectivity index (χ0v) is 34.6. The van der Waals surface area contributed by atoms with Gasteiger partial charge in [-0.25, -0.2) is 9.97 Å². The summed E-state index contributed by atoms with van der Waals surface area (Å²) in [5, 5.41) is 9.00. The molecule has 2 saturated heterocycles. The zero-order valence-electron chi connectivity index (χ0n) is 34.6. The van der Waals surface area contributed by atoms with Gasteiger partial charge in [-0.15, -0.1) is 0 Å². The van der Waals surface area contributed by atoms with E-state index in [4.69, 9.17) is 38.9 Å². The molecule has 0 bridgehead atoms. The molecule has 2 fully saturated rings. The van der Waals surface area contributed by atoms with Gasteiger partial charge in [-0.1, -0.05) is 30.3 Å². The molecule has 13 heteroatoms. The first kappa shape index (κ1) is 39.2. The van der Waals surface area contributed by atoms with Crippen molar-refractivity contribution >= 4 is 43.9 Å². The summed E-state index contributed by atoms with van der Waals surface area (Å²) in [5.41, 5.74) is 10.1. The molecule has 0 atom stereocenters. The fourth-order valence-corrected chi connectivity index (χ4v) is 8.43. The summed E-state index contributed by atoms with van der Waals surface area (Å²) in [5.74, 6) is 5.23. The van der Waals surface area contributed by atoms with Crippen LogP contribution in [0, 0.1) is 0 Å². The highest BCUT2D eigenvalue weighted by Crippen LogP contribution is 2.38. The molecule has 7 heterocycles. The van der Waals surface area contributed by atoms with Crippen LogP contribution in [-0.4, -0.2) is 88.5 Å². The van der Waals surface area contributed by atoms with Crippen LogP contribution in [-0.2, 0) is 0 Å². The molecule has 60 heavy (non-hydrogen) atoms. The molecule has 5 aromatic heterocycles. The van der Waals surface area contributed by atoms with E-state index in [1.54, 1.807) is 14.2 Å². The average molecular weight is 806 g/mol. The van der Waals surface area contributed by atoms with E-state index in [9.17, 15) is 0 Å². The zero-order chi connectivity index (χ0) is 41.0. The summed E-state index contributed by atoms with van der Waals surface area (Å²) in [6, 6.07) is 22.8. The SMILES string of the molecule is CCOc1nc(C2CCNCC2)nc2c1[nH]c1cc(-c3ccc(OC)c(OC)c3)ccc12.CCOc1nc(C2CCNCC2)nc2c1[nH]c1cc(-c3ccncc3)ccc12. The topological polar surface area (TPSA) is 157 Å². The molecule has 3 aromatic carbocycles. The van der Waals surface area contributed by atoms with Crippen molar-refractivity contribution in [1.82, 2.24) is 45.5 Å². The third-order valence-corrected chi connectivity index (χ3v) is 11.6. The van der Waals surface area contributed by atoms with E-state index in [1.165, 1.54) is 0 Å². The standard InChI is InChI=1S/C25H28N4O3.C22H23N5O/c1-4-32-25-23-22(28-24(29-25)15-9-11-26-12-10-15)18-7-5-16(13-19(18)27-23)17-6-8-20(30-2)21(14-17)31-3;1-2-28-22-20-19(26-21(27-22)15-7-11-24-12-8-15)17-4-3-16(13-18(17)25-20)14-5-9-23-10-6-14/h5-8,13-15,26-27H,4,9-12H2,1-3H3;3-6,9-10,13,15,24-25H,2,7-8,11-12H2,1H3. The monoisotopic (exact) mass is 805 g/mol. The lowest BCUT2D eigenvalue weighted by molar-refractivity contribution is 0.326.